The molecule has 2 N–H and O–H groups in total. The van der Waals surface area contributed by atoms with Crippen molar-refractivity contribution in [3.63, 3.8) is 0 Å². The fourth-order valence-electron chi connectivity index (χ4n) is 1.56. The Labute approximate surface area is 101 Å². The van der Waals surface area contributed by atoms with Crippen LogP contribution in [0.1, 0.15) is 6.42 Å². The summed E-state index contributed by atoms with van der Waals surface area (Å²) < 4.78 is 27.8. The van der Waals surface area contributed by atoms with E-state index in [4.69, 9.17) is 0 Å². The molecule has 1 fully saturated rings. The molecule has 8 heteroatoms. The van der Waals surface area contributed by atoms with E-state index in [-0.39, 0.29) is 23.5 Å². The van der Waals surface area contributed by atoms with Crippen molar-refractivity contribution in [2.45, 2.75) is 17.5 Å². The molecule has 1 aliphatic heterocycles. The van der Waals surface area contributed by atoms with Gasteiger partial charge in [-0.3, -0.25) is 0 Å². The Kier molecular flexibility index (Phi) is 4.31. The zero-order chi connectivity index (χ0) is 10.9. The Morgan fingerprint density at radius 3 is 2.88 bits per heavy atom. The molecule has 1 saturated heterocycles. The molecule has 6 nitrogen and oxygen atoms in total. The summed E-state index contributed by atoms with van der Waals surface area (Å²) in [4.78, 5) is 3.82. The SMILES string of the molecule is Cl.Cn1cnc(S(=O)(=O)NC2CCNC2)c1. The highest BCUT2D eigenvalue weighted by Gasteiger charge is 2.23. The Hall–Kier alpha value is -0.630. The number of rotatable bonds is 3. The summed E-state index contributed by atoms with van der Waals surface area (Å²) in [6.07, 6.45) is 3.79. The van der Waals surface area contributed by atoms with Gasteiger partial charge in [-0.2, -0.15) is 0 Å². The van der Waals surface area contributed by atoms with Crippen molar-refractivity contribution in [3.8, 4) is 0 Å². The molecule has 1 aromatic heterocycles. The Morgan fingerprint density at radius 1 is 1.62 bits per heavy atom. The van der Waals surface area contributed by atoms with Crippen molar-refractivity contribution < 1.29 is 8.42 Å². The van der Waals surface area contributed by atoms with Gasteiger partial charge in [0, 0.05) is 25.8 Å². The third-order valence-corrected chi connectivity index (χ3v) is 3.74. The molecule has 0 aromatic carbocycles. The molecule has 1 atom stereocenters. The first-order chi connectivity index (χ1) is 7.08. The van der Waals surface area contributed by atoms with Crippen molar-refractivity contribution in [1.82, 2.24) is 19.6 Å². The molecule has 2 rings (SSSR count). The van der Waals surface area contributed by atoms with Gasteiger partial charge in [-0.25, -0.2) is 18.1 Å². The maximum Gasteiger partial charge on any atom is 0.259 e. The normalized spacial score (nSPS) is 20.7. The number of nitrogens with zero attached hydrogens (tertiary/aromatic N) is 2. The Morgan fingerprint density at radius 2 is 2.38 bits per heavy atom. The van der Waals surface area contributed by atoms with Crippen molar-refractivity contribution in [2.75, 3.05) is 13.1 Å². The molecule has 0 radical (unpaired) electrons. The molecule has 0 bridgehead atoms. The average molecular weight is 267 g/mol. The van der Waals surface area contributed by atoms with Gasteiger partial charge in [0.05, 0.1) is 6.33 Å². The lowest BCUT2D eigenvalue weighted by Crippen LogP contribution is -2.36. The maximum atomic E-state index is 11.8. The number of hydrogen-bond donors (Lipinski definition) is 2. The molecular formula is C8H15ClN4O2S. The minimum atomic E-state index is -3.44. The van der Waals surface area contributed by atoms with E-state index in [1.165, 1.54) is 12.5 Å². The van der Waals surface area contributed by atoms with Crippen molar-refractivity contribution >= 4 is 22.4 Å². The quantitative estimate of drug-likeness (QED) is 0.772. The summed E-state index contributed by atoms with van der Waals surface area (Å²) in [5, 5.41) is 3.18. The molecule has 16 heavy (non-hydrogen) atoms. The molecular weight excluding hydrogens is 252 g/mol. The minimum absolute atomic E-state index is 0. The summed E-state index contributed by atoms with van der Waals surface area (Å²) in [6, 6.07) is -0.0167. The number of aromatic nitrogens is 2. The van der Waals surface area contributed by atoms with E-state index in [2.05, 4.69) is 15.0 Å². The third-order valence-electron chi connectivity index (χ3n) is 2.34. The van der Waals surface area contributed by atoms with E-state index in [0.29, 0.717) is 6.54 Å². The van der Waals surface area contributed by atoms with Gasteiger partial charge >= 0.3 is 0 Å². The van der Waals surface area contributed by atoms with Crippen LogP contribution in [0.15, 0.2) is 17.6 Å². The van der Waals surface area contributed by atoms with Crippen molar-refractivity contribution in [1.29, 1.82) is 0 Å². The van der Waals surface area contributed by atoms with Crippen LogP contribution in [0, 0.1) is 0 Å². The Balaban J connectivity index is 0.00000128. The molecule has 0 saturated carbocycles. The zero-order valence-electron chi connectivity index (χ0n) is 8.88. The standard InChI is InChI=1S/C8H14N4O2S.ClH/c1-12-5-8(10-6-12)15(13,14)11-7-2-3-9-4-7;/h5-7,9,11H,2-4H2,1H3;1H. The van der Waals surface area contributed by atoms with Crippen molar-refractivity contribution in [2.24, 2.45) is 7.05 Å². The van der Waals surface area contributed by atoms with Crippen LogP contribution in [0.4, 0.5) is 0 Å². The Bertz CT molecular complexity index is 439. The zero-order valence-corrected chi connectivity index (χ0v) is 10.5. The molecule has 1 unspecified atom stereocenters. The lowest BCUT2D eigenvalue weighted by Gasteiger charge is -2.09. The maximum absolute atomic E-state index is 11.8. The molecule has 1 aliphatic rings. The average Bonchev–Trinajstić information content (AvgIpc) is 2.75. The largest absolute Gasteiger partial charge is 0.339 e. The predicted molar refractivity (Wildman–Crippen MR) is 62.1 cm³/mol. The first kappa shape index (κ1) is 13.4. The molecule has 92 valence electrons. The summed E-state index contributed by atoms with van der Waals surface area (Å²) in [7, 11) is -1.71. The van der Waals surface area contributed by atoms with E-state index in [0.717, 1.165) is 13.0 Å². The van der Waals surface area contributed by atoms with E-state index in [1.54, 1.807) is 11.6 Å². The van der Waals surface area contributed by atoms with Gasteiger partial charge in [-0.05, 0) is 13.0 Å². The first-order valence-corrected chi connectivity index (χ1v) is 6.27. The van der Waals surface area contributed by atoms with Gasteiger partial charge in [0.2, 0.25) is 0 Å². The molecule has 0 spiro atoms. The number of sulfonamides is 1. The number of halogens is 1. The van der Waals surface area contributed by atoms with Crippen LogP contribution < -0.4 is 10.0 Å². The summed E-state index contributed by atoms with van der Waals surface area (Å²) in [5.41, 5.74) is 0. The second-order valence-corrected chi connectivity index (χ2v) is 5.35. The number of aryl methyl sites for hydroxylation is 1. The molecule has 0 amide bonds. The molecule has 0 aliphatic carbocycles. The molecule has 1 aromatic rings. The van der Waals surface area contributed by atoms with E-state index in [1.807, 2.05) is 0 Å². The highest BCUT2D eigenvalue weighted by Crippen LogP contribution is 2.07. The van der Waals surface area contributed by atoms with Gasteiger partial charge in [-0.15, -0.1) is 12.4 Å². The minimum Gasteiger partial charge on any atom is -0.339 e. The van der Waals surface area contributed by atoms with Crippen molar-refractivity contribution in [3.05, 3.63) is 12.5 Å². The van der Waals surface area contributed by atoms with Gasteiger partial charge in [0.15, 0.2) is 5.03 Å². The lowest BCUT2D eigenvalue weighted by molar-refractivity contribution is 0.557. The summed E-state index contributed by atoms with van der Waals surface area (Å²) in [6.45, 7) is 1.54. The topological polar surface area (TPSA) is 76.0 Å². The second kappa shape index (κ2) is 5.13. The van der Waals surface area contributed by atoms with Gasteiger partial charge in [-0.1, -0.05) is 0 Å². The fourth-order valence-corrected chi connectivity index (χ4v) is 2.81. The van der Waals surface area contributed by atoms with E-state index < -0.39 is 10.0 Å². The van der Waals surface area contributed by atoms with Crippen LogP contribution in [-0.4, -0.2) is 37.1 Å². The van der Waals surface area contributed by atoms with Crippen LogP contribution in [0.3, 0.4) is 0 Å². The van der Waals surface area contributed by atoms with Gasteiger partial charge in [0.1, 0.15) is 0 Å². The van der Waals surface area contributed by atoms with Gasteiger partial charge in [0.25, 0.3) is 10.0 Å². The van der Waals surface area contributed by atoms with E-state index >= 15 is 0 Å². The highest BCUT2D eigenvalue weighted by molar-refractivity contribution is 7.89. The number of hydrogen-bond acceptors (Lipinski definition) is 4. The monoisotopic (exact) mass is 266 g/mol. The smallest absolute Gasteiger partial charge is 0.259 e. The highest BCUT2D eigenvalue weighted by atomic mass is 35.5. The predicted octanol–water partition coefficient (Wildman–Crippen LogP) is -0.518. The van der Waals surface area contributed by atoms with Crippen LogP contribution in [-0.2, 0) is 17.1 Å². The number of imidazole rings is 1. The van der Waals surface area contributed by atoms with Crippen LogP contribution >= 0.6 is 12.4 Å². The van der Waals surface area contributed by atoms with Crippen LogP contribution in [0.2, 0.25) is 0 Å². The second-order valence-electron chi connectivity index (χ2n) is 3.69. The van der Waals surface area contributed by atoms with Gasteiger partial charge < -0.3 is 9.88 Å². The number of nitrogens with one attached hydrogen (secondary N) is 2. The lowest BCUT2D eigenvalue weighted by atomic mass is 10.3. The van der Waals surface area contributed by atoms with Crippen LogP contribution in [0.25, 0.3) is 0 Å². The van der Waals surface area contributed by atoms with E-state index in [9.17, 15) is 8.42 Å². The summed E-state index contributed by atoms with van der Waals surface area (Å²) in [5.74, 6) is 0. The third kappa shape index (κ3) is 2.94. The summed E-state index contributed by atoms with van der Waals surface area (Å²) >= 11 is 0. The molecule has 2 heterocycles. The fraction of sp³-hybridized carbons (Fsp3) is 0.625. The van der Waals surface area contributed by atoms with Crippen LogP contribution in [0.5, 0.6) is 0 Å². The first-order valence-electron chi connectivity index (χ1n) is 4.79.